The van der Waals surface area contributed by atoms with Gasteiger partial charge in [0.05, 0.1) is 47.3 Å². The molecule has 0 saturated carbocycles. The molecule has 194 valence electrons. The summed E-state index contributed by atoms with van der Waals surface area (Å²) in [6.07, 6.45) is 8.15. The van der Waals surface area contributed by atoms with E-state index < -0.39 is 5.82 Å². The number of furan rings is 1. The van der Waals surface area contributed by atoms with Gasteiger partial charge in [0.2, 0.25) is 5.91 Å². The van der Waals surface area contributed by atoms with Crippen LogP contribution in [0.4, 0.5) is 10.1 Å². The lowest BCUT2D eigenvalue weighted by atomic mass is 10.0. The highest BCUT2D eigenvalue weighted by Crippen LogP contribution is 2.35. The van der Waals surface area contributed by atoms with Crippen molar-refractivity contribution in [1.82, 2.24) is 30.1 Å². The van der Waals surface area contributed by atoms with Crippen LogP contribution in [0.1, 0.15) is 5.56 Å². The number of aromatic amines is 2. The number of pyridine rings is 2. The lowest BCUT2D eigenvalue weighted by molar-refractivity contribution is -0.115. The van der Waals surface area contributed by atoms with Gasteiger partial charge in [-0.05, 0) is 35.9 Å². The van der Waals surface area contributed by atoms with E-state index in [1.807, 2.05) is 30.3 Å². The van der Waals surface area contributed by atoms with E-state index in [2.05, 4.69) is 30.5 Å². The van der Waals surface area contributed by atoms with Crippen molar-refractivity contribution in [3.63, 3.8) is 0 Å². The van der Waals surface area contributed by atoms with Crippen LogP contribution >= 0.6 is 0 Å². The molecule has 3 N–H and O–H groups in total. The molecule has 0 unspecified atom stereocenters. The summed E-state index contributed by atoms with van der Waals surface area (Å²) in [6, 6.07) is 18.2. The van der Waals surface area contributed by atoms with E-state index in [9.17, 15) is 4.79 Å². The van der Waals surface area contributed by atoms with Gasteiger partial charge in [0, 0.05) is 29.1 Å². The average molecular weight is 530 g/mol. The van der Waals surface area contributed by atoms with Gasteiger partial charge in [-0.15, -0.1) is 0 Å². The van der Waals surface area contributed by atoms with Crippen LogP contribution in [-0.2, 0) is 11.2 Å². The number of hydrogen-bond donors (Lipinski definition) is 3. The van der Waals surface area contributed by atoms with Crippen LogP contribution < -0.4 is 5.32 Å². The number of benzene rings is 2. The summed E-state index contributed by atoms with van der Waals surface area (Å²) in [7, 11) is 0. The molecule has 10 heteroatoms. The first-order valence-corrected chi connectivity index (χ1v) is 12.5. The molecule has 0 bridgehead atoms. The summed E-state index contributed by atoms with van der Waals surface area (Å²) in [5.41, 5.74) is 5.84. The molecule has 40 heavy (non-hydrogen) atoms. The molecular formula is C30H20FN7O2. The van der Waals surface area contributed by atoms with Gasteiger partial charge in [-0.3, -0.25) is 19.9 Å². The number of H-pyrrole nitrogens is 2. The maximum atomic E-state index is 16.1. The summed E-state index contributed by atoms with van der Waals surface area (Å²) >= 11 is 0. The number of nitrogens with one attached hydrogen (secondary N) is 3. The fourth-order valence-electron chi connectivity index (χ4n) is 4.77. The third kappa shape index (κ3) is 4.17. The Labute approximate surface area is 226 Å². The van der Waals surface area contributed by atoms with Gasteiger partial charge in [-0.2, -0.15) is 5.10 Å². The number of amides is 1. The quantitative estimate of drug-likeness (QED) is 0.238. The minimum absolute atomic E-state index is 0.188. The maximum Gasteiger partial charge on any atom is 0.228 e. The van der Waals surface area contributed by atoms with Crippen molar-refractivity contribution in [2.24, 2.45) is 0 Å². The highest BCUT2D eigenvalue weighted by Gasteiger charge is 2.21. The fourth-order valence-corrected chi connectivity index (χ4v) is 4.77. The molecule has 2 aromatic carbocycles. The molecule has 0 atom stereocenters. The van der Waals surface area contributed by atoms with Gasteiger partial charge in [-0.25, -0.2) is 9.37 Å². The second-order valence-electron chi connectivity index (χ2n) is 9.25. The zero-order valence-electron chi connectivity index (χ0n) is 20.9. The molecule has 5 aromatic heterocycles. The number of imidazole rings is 1. The molecule has 0 radical (unpaired) electrons. The Morgan fingerprint density at radius 2 is 1.88 bits per heavy atom. The number of rotatable bonds is 6. The second kappa shape index (κ2) is 9.59. The summed E-state index contributed by atoms with van der Waals surface area (Å²) < 4.78 is 21.3. The molecule has 7 aromatic rings. The topological polar surface area (TPSA) is 125 Å². The van der Waals surface area contributed by atoms with Crippen molar-refractivity contribution >= 4 is 33.5 Å². The van der Waals surface area contributed by atoms with Gasteiger partial charge in [0.25, 0.3) is 0 Å². The van der Waals surface area contributed by atoms with E-state index >= 15 is 4.39 Å². The van der Waals surface area contributed by atoms with Crippen LogP contribution in [0.2, 0.25) is 0 Å². The Hall–Kier alpha value is -5.64. The lowest BCUT2D eigenvalue weighted by Crippen LogP contribution is -2.14. The van der Waals surface area contributed by atoms with Crippen LogP contribution in [0.3, 0.4) is 0 Å². The average Bonchev–Trinajstić information content (AvgIpc) is 3.73. The Bertz CT molecular complexity index is 2000. The minimum Gasteiger partial charge on any atom is -0.472 e. The van der Waals surface area contributed by atoms with Crippen molar-refractivity contribution in [3.8, 4) is 33.9 Å². The van der Waals surface area contributed by atoms with E-state index in [4.69, 9.17) is 9.40 Å². The van der Waals surface area contributed by atoms with Crippen LogP contribution in [0.5, 0.6) is 0 Å². The lowest BCUT2D eigenvalue weighted by Gasteiger charge is -2.09. The van der Waals surface area contributed by atoms with Gasteiger partial charge in [0.1, 0.15) is 22.7 Å². The van der Waals surface area contributed by atoms with Crippen molar-refractivity contribution in [1.29, 1.82) is 0 Å². The SMILES string of the molecule is O=C(Cc1ccccc1)Nc1cncc(-c2ccc3[nH]nc(-c4nc5c(-c6ccoc6)nccc5[nH]4)c3c2F)c1. The standard InChI is InChI=1S/C30H20FN7O2/c31-26-21(19-13-20(15-32-14-19)34-24(39)12-17-4-2-1-3-5-17)6-7-22-25(26)29(38-37-22)30-35-23-8-10-33-27(28(23)36-30)18-9-11-40-16-18/h1-11,13-16H,12H2,(H,34,39)(H,35,36)(H,37,38). The fraction of sp³-hybridized carbons (Fsp3) is 0.0333. The highest BCUT2D eigenvalue weighted by molar-refractivity contribution is 5.98. The van der Waals surface area contributed by atoms with Crippen LogP contribution in [0, 0.1) is 5.82 Å². The van der Waals surface area contributed by atoms with Crippen molar-refractivity contribution in [2.75, 3.05) is 5.32 Å². The second-order valence-corrected chi connectivity index (χ2v) is 9.25. The molecule has 7 rings (SSSR count). The molecular weight excluding hydrogens is 509 g/mol. The molecule has 0 aliphatic heterocycles. The van der Waals surface area contributed by atoms with Crippen LogP contribution in [-0.4, -0.2) is 36.0 Å². The Morgan fingerprint density at radius 1 is 0.975 bits per heavy atom. The van der Waals surface area contributed by atoms with E-state index in [-0.39, 0.29) is 17.7 Å². The van der Waals surface area contributed by atoms with Gasteiger partial charge < -0.3 is 14.7 Å². The molecule has 0 aliphatic carbocycles. The summed E-state index contributed by atoms with van der Waals surface area (Å²) in [5, 5.41) is 10.4. The number of carbonyl (C=O) groups is 1. The maximum absolute atomic E-state index is 16.1. The van der Waals surface area contributed by atoms with E-state index in [1.165, 1.54) is 6.20 Å². The van der Waals surface area contributed by atoms with E-state index in [1.54, 1.807) is 55.3 Å². The first kappa shape index (κ1) is 23.5. The van der Waals surface area contributed by atoms with E-state index in [0.717, 1.165) is 16.6 Å². The molecule has 0 spiro atoms. The molecule has 5 heterocycles. The Balaban J connectivity index is 1.24. The molecule has 9 nitrogen and oxygen atoms in total. The number of nitrogens with zero attached hydrogens (tertiary/aromatic N) is 4. The summed E-state index contributed by atoms with van der Waals surface area (Å²) in [6.45, 7) is 0. The van der Waals surface area contributed by atoms with Crippen LogP contribution in [0.15, 0.2) is 96.2 Å². The third-order valence-corrected chi connectivity index (χ3v) is 6.63. The highest BCUT2D eigenvalue weighted by atomic mass is 19.1. The van der Waals surface area contributed by atoms with Gasteiger partial charge in [-0.1, -0.05) is 30.3 Å². The molecule has 1 amide bonds. The largest absolute Gasteiger partial charge is 0.472 e. The molecule has 0 fully saturated rings. The molecule has 0 aliphatic rings. The first-order chi connectivity index (χ1) is 19.6. The van der Waals surface area contributed by atoms with Gasteiger partial charge in [0.15, 0.2) is 5.82 Å². The van der Waals surface area contributed by atoms with Crippen molar-refractivity contribution in [3.05, 3.63) is 103 Å². The van der Waals surface area contributed by atoms with E-state index in [0.29, 0.717) is 45.1 Å². The number of anilines is 1. The smallest absolute Gasteiger partial charge is 0.228 e. The third-order valence-electron chi connectivity index (χ3n) is 6.63. The van der Waals surface area contributed by atoms with Crippen LogP contribution in [0.25, 0.3) is 55.8 Å². The Morgan fingerprint density at radius 3 is 2.73 bits per heavy atom. The number of hydrogen-bond acceptors (Lipinski definition) is 6. The number of fused-ring (bicyclic) bond motifs is 2. The number of carbonyl (C=O) groups excluding carboxylic acids is 1. The first-order valence-electron chi connectivity index (χ1n) is 12.5. The monoisotopic (exact) mass is 529 g/mol. The predicted molar refractivity (Wildman–Crippen MR) is 149 cm³/mol. The number of aromatic nitrogens is 6. The van der Waals surface area contributed by atoms with Crippen molar-refractivity contribution < 1.29 is 13.6 Å². The Kier molecular flexibility index (Phi) is 5.63. The zero-order valence-corrected chi connectivity index (χ0v) is 20.9. The number of halogens is 1. The molecule has 0 saturated heterocycles. The predicted octanol–water partition coefficient (Wildman–Crippen LogP) is 6.14. The van der Waals surface area contributed by atoms with Crippen molar-refractivity contribution in [2.45, 2.75) is 6.42 Å². The minimum atomic E-state index is -0.482. The normalized spacial score (nSPS) is 11.3. The summed E-state index contributed by atoms with van der Waals surface area (Å²) in [4.78, 5) is 29.2. The summed E-state index contributed by atoms with van der Waals surface area (Å²) in [5.74, 6) is -0.271. The van der Waals surface area contributed by atoms with Gasteiger partial charge >= 0.3 is 0 Å². The zero-order chi connectivity index (χ0) is 27.1.